The van der Waals surface area contributed by atoms with E-state index in [-0.39, 0.29) is 35.9 Å². The van der Waals surface area contributed by atoms with E-state index in [1.54, 1.807) is 16.7 Å². The van der Waals surface area contributed by atoms with Crippen LogP contribution in [0.2, 0.25) is 0 Å². The van der Waals surface area contributed by atoms with Crippen LogP contribution in [0.15, 0.2) is 0 Å². The van der Waals surface area contributed by atoms with Gasteiger partial charge in [0.05, 0.1) is 12.0 Å². The maximum atomic E-state index is 13.0. The number of hydrogen-bond donors (Lipinski definition) is 1. The Bertz CT molecular complexity index is 510. The third-order valence-electron chi connectivity index (χ3n) is 6.22. The van der Waals surface area contributed by atoms with Crippen LogP contribution in [0.25, 0.3) is 0 Å². The zero-order valence-electron chi connectivity index (χ0n) is 16.1. The predicted molar refractivity (Wildman–Crippen MR) is 104 cm³/mol. The topological polar surface area (TPSA) is 75.9 Å². The van der Waals surface area contributed by atoms with E-state index in [1.807, 2.05) is 18.7 Å². The highest BCUT2D eigenvalue weighted by molar-refractivity contribution is 7.99. The molecule has 3 aliphatic rings. The second-order valence-corrected chi connectivity index (χ2v) is 8.99. The molecule has 3 rings (SSSR count). The molecular formula is C19H33N3O3S. The minimum atomic E-state index is -0.280. The fourth-order valence-corrected chi connectivity index (χ4v) is 5.36. The summed E-state index contributed by atoms with van der Waals surface area (Å²) in [5, 5.41) is 0. The molecule has 4 unspecified atom stereocenters. The molecule has 0 radical (unpaired) electrons. The average Bonchev–Trinajstić information content (AvgIpc) is 3.16. The van der Waals surface area contributed by atoms with Crippen molar-refractivity contribution >= 4 is 23.6 Å². The number of carbonyl (C=O) groups is 2. The summed E-state index contributed by atoms with van der Waals surface area (Å²) in [5.41, 5.74) is 6.09. The van der Waals surface area contributed by atoms with Gasteiger partial charge < -0.3 is 20.3 Å². The largest absolute Gasteiger partial charge is 0.378 e. The van der Waals surface area contributed by atoms with Crippen LogP contribution >= 0.6 is 11.8 Å². The van der Waals surface area contributed by atoms with Crippen molar-refractivity contribution in [3.63, 3.8) is 0 Å². The molecule has 4 atom stereocenters. The Kier molecular flexibility index (Phi) is 6.86. The molecule has 0 aromatic heterocycles. The Morgan fingerprint density at radius 1 is 1.27 bits per heavy atom. The van der Waals surface area contributed by atoms with Gasteiger partial charge in [-0.2, -0.15) is 0 Å². The molecule has 2 amide bonds. The summed E-state index contributed by atoms with van der Waals surface area (Å²) in [6.07, 6.45) is 4.91. The maximum absolute atomic E-state index is 13.0. The van der Waals surface area contributed by atoms with Crippen LogP contribution in [-0.4, -0.2) is 71.1 Å². The van der Waals surface area contributed by atoms with Crippen LogP contribution < -0.4 is 5.73 Å². The van der Waals surface area contributed by atoms with Crippen LogP contribution in [-0.2, 0) is 14.3 Å². The van der Waals surface area contributed by atoms with E-state index < -0.39 is 0 Å². The van der Waals surface area contributed by atoms with Crippen molar-refractivity contribution in [1.82, 2.24) is 9.80 Å². The molecule has 3 fully saturated rings. The van der Waals surface area contributed by atoms with Gasteiger partial charge >= 0.3 is 0 Å². The van der Waals surface area contributed by atoms with Crippen molar-refractivity contribution in [2.75, 3.05) is 31.3 Å². The number of carbonyl (C=O) groups excluding carboxylic acids is 2. The number of piperidine rings is 1. The van der Waals surface area contributed by atoms with Crippen molar-refractivity contribution in [3.8, 4) is 0 Å². The van der Waals surface area contributed by atoms with E-state index in [0.717, 1.165) is 57.6 Å². The summed E-state index contributed by atoms with van der Waals surface area (Å²) in [4.78, 5) is 29.4. The number of likely N-dealkylation sites (tertiary alicyclic amines) is 1. The van der Waals surface area contributed by atoms with Gasteiger partial charge in [-0.1, -0.05) is 13.8 Å². The number of nitrogens with zero attached hydrogens (tertiary/aromatic N) is 2. The van der Waals surface area contributed by atoms with Gasteiger partial charge in [0, 0.05) is 37.4 Å². The predicted octanol–water partition coefficient (Wildman–Crippen LogP) is 1.68. The van der Waals surface area contributed by atoms with Crippen molar-refractivity contribution in [2.45, 2.75) is 64.1 Å². The Morgan fingerprint density at radius 3 is 2.65 bits per heavy atom. The van der Waals surface area contributed by atoms with Crippen molar-refractivity contribution in [2.24, 2.45) is 17.6 Å². The highest BCUT2D eigenvalue weighted by Gasteiger charge is 2.40. The first-order valence-corrected chi connectivity index (χ1v) is 11.2. The Hall–Kier alpha value is -0.790. The Labute approximate surface area is 161 Å². The molecule has 26 heavy (non-hydrogen) atoms. The molecule has 0 aromatic carbocycles. The zero-order chi connectivity index (χ0) is 18.7. The van der Waals surface area contributed by atoms with Crippen LogP contribution in [0, 0.1) is 11.8 Å². The minimum absolute atomic E-state index is 0.0117. The first-order valence-electron chi connectivity index (χ1n) is 10.1. The number of rotatable bonds is 4. The third kappa shape index (κ3) is 4.37. The summed E-state index contributed by atoms with van der Waals surface area (Å²) in [6.45, 7) is 6.27. The minimum Gasteiger partial charge on any atom is -0.378 e. The van der Waals surface area contributed by atoms with E-state index in [2.05, 4.69) is 0 Å². The highest BCUT2D eigenvalue weighted by Crippen LogP contribution is 2.30. The summed E-state index contributed by atoms with van der Waals surface area (Å²) in [5.74, 6) is 2.11. The fourth-order valence-electron chi connectivity index (χ4n) is 4.21. The molecule has 7 heteroatoms. The standard InChI is InChI=1S/C19H33N3O3S/c1-3-13(2)18(23)22-12-26-11-16(22)19(24)21-7-4-14(5-8-21)17-10-15(20)6-9-25-17/h13-17H,3-12,20H2,1-2H3. The van der Waals surface area contributed by atoms with Gasteiger partial charge in [-0.05, 0) is 38.0 Å². The number of amides is 2. The third-order valence-corrected chi connectivity index (χ3v) is 7.23. The smallest absolute Gasteiger partial charge is 0.246 e. The quantitative estimate of drug-likeness (QED) is 0.799. The maximum Gasteiger partial charge on any atom is 0.246 e. The molecule has 3 aliphatic heterocycles. The number of ether oxygens (including phenoxy) is 1. The second kappa shape index (κ2) is 8.93. The second-order valence-electron chi connectivity index (χ2n) is 7.99. The zero-order valence-corrected chi connectivity index (χ0v) is 16.9. The van der Waals surface area contributed by atoms with E-state index in [4.69, 9.17) is 10.5 Å². The summed E-state index contributed by atoms with van der Waals surface area (Å²) in [6, 6.07) is -0.0264. The van der Waals surface area contributed by atoms with Crippen molar-refractivity contribution < 1.29 is 14.3 Å². The molecular weight excluding hydrogens is 350 g/mol. The molecule has 6 nitrogen and oxygen atoms in total. The van der Waals surface area contributed by atoms with Crippen LogP contribution in [0.1, 0.15) is 46.0 Å². The van der Waals surface area contributed by atoms with Crippen LogP contribution in [0.4, 0.5) is 0 Å². The Balaban J connectivity index is 1.53. The average molecular weight is 384 g/mol. The molecule has 0 saturated carbocycles. The summed E-state index contributed by atoms with van der Waals surface area (Å²) in [7, 11) is 0. The number of hydrogen-bond acceptors (Lipinski definition) is 5. The molecule has 2 N–H and O–H groups in total. The van der Waals surface area contributed by atoms with E-state index in [0.29, 0.717) is 11.8 Å². The van der Waals surface area contributed by atoms with Gasteiger partial charge in [-0.3, -0.25) is 9.59 Å². The van der Waals surface area contributed by atoms with Crippen LogP contribution in [0.5, 0.6) is 0 Å². The summed E-state index contributed by atoms with van der Waals surface area (Å²) >= 11 is 1.69. The highest BCUT2D eigenvalue weighted by atomic mass is 32.2. The van der Waals surface area contributed by atoms with Crippen LogP contribution in [0.3, 0.4) is 0 Å². The monoisotopic (exact) mass is 383 g/mol. The van der Waals surface area contributed by atoms with Crippen molar-refractivity contribution in [3.05, 3.63) is 0 Å². The number of thioether (sulfide) groups is 1. The van der Waals surface area contributed by atoms with Gasteiger partial charge in [-0.25, -0.2) is 0 Å². The van der Waals surface area contributed by atoms with Crippen molar-refractivity contribution in [1.29, 1.82) is 0 Å². The molecule has 0 aromatic rings. The first-order chi connectivity index (χ1) is 12.5. The first kappa shape index (κ1) is 20.0. The van der Waals surface area contributed by atoms with Gasteiger partial charge in [0.1, 0.15) is 6.04 Å². The van der Waals surface area contributed by atoms with Gasteiger partial charge in [-0.15, -0.1) is 11.8 Å². The van der Waals surface area contributed by atoms with Gasteiger partial charge in [0.2, 0.25) is 11.8 Å². The lowest BCUT2D eigenvalue weighted by Gasteiger charge is -2.40. The van der Waals surface area contributed by atoms with Gasteiger partial charge in [0.15, 0.2) is 0 Å². The van der Waals surface area contributed by atoms with E-state index >= 15 is 0 Å². The lowest BCUT2D eigenvalue weighted by molar-refractivity contribution is -0.146. The normalized spacial score (nSPS) is 31.9. The lowest BCUT2D eigenvalue weighted by atomic mass is 9.86. The SMILES string of the molecule is CCC(C)C(=O)N1CSCC1C(=O)N1CCC(C2CC(N)CCO2)CC1. The summed E-state index contributed by atoms with van der Waals surface area (Å²) < 4.78 is 5.93. The lowest BCUT2D eigenvalue weighted by Crippen LogP contribution is -2.53. The van der Waals surface area contributed by atoms with E-state index in [1.165, 1.54) is 0 Å². The molecule has 0 bridgehead atoms. The molecule has 3 heterocycles. The Morgan fingerprint density at radius 2 is 2.00 bits per heavy atom. The number of nitrogens with two attached hydrogens (primary N) is 1. The molecule has 0 aliphatic carbocycles. The molecule has 0 spiro atoms. The molecule has 3 saturated heterocycles. The molecule has 148 valence electrons. The van der Waals surface area contributed by atoms with Gasteiger partial charge in [0.25, 0.3) is 0 Å². The fraction of sp³-hybridized carbons (Fsp3) is 0.895. The van der Waals surface area contributed by atoms with E-state index in [9.17, 15) is 9.59 Å².